The first-order valence-corrected chi connectivity index (χ1v) is 5.75. The Morgan fingerprint density at radius 3 is 3.00 bits per heavy atom. The van der Waals surface area contributed by atoms with Crippen LogP contribution in [0.2, 0.25) is 0 Å². The number of aliphatic hydroxyl groups excluding tert-OH is 1. The lowest BCUT2D eigenvalue weighted by Crippen LogP contribution is -2.47. The number of nitrogens with zero attached hydrogens (tertiary/aromatic N) is 1. The summed E-state index contributed by atoms with van der Waals surface area (Å²) in [5, 5.41) is 9.01. The average molecular weight is 234 g/mol. The number of ether oxygens (including phenoxy) is 1. The normalized spacial score (nSPS) is 20.3. The standard InChI is InChI=1S/C13H16NO3/c15-10-12-9-14(6-7-17-12)13(16)8-11-4-2-1-3-5-11/h2-5,12,15H,6-10H2. The number of rotatable bonds is 3. The van der Waals surface area contributed by atoms with E-state index < -0.39 is 0 Å². The molecule has 1 atom stereocenters. The third-order valence-corrected chi connectivity index (χ3v) is 2.84. The zero-order valence-corrected chi connectivity index (χ0v) is 9.63. The van der Waals surface area contributed by atoms with E-state index in [9.17, 15) is 4.79 Å². The predicted molar refractivity (Wildman–Crippen MR) is 62.4 cm³/mol. The quantitative estimate of drug-likeness (QED) is 0.815. The highest BCUT2D eigenvalue weighted by atomic mass is 16.5. The fourth-order valence-electron chi connectivity index (χ4n) is 1.88. The van der Waals surface area contributed by atoms with E-state index in [-0.39, 0.29) is 18.6 Å². The summed E-state index contributed by atoms with van der Waals surface area (Å²) in [7, 11) is 0. The molecule has 2 rings (SSSR count). The molecule has 1 aliphatic heterocycles. The van der Waals surface area contributed by atoms with Gasteiger partial charge < -0.3 is 14.7 Å². The maximum absolute atomic E-state index is 12.0. The van der Waals surface area contributed by atoms with Crippen LogP contribution in [-0.4, -0.2) is 48.3 Å². The third-order valence-electron chi connectivity index (χ3n) is 2.84. The molecule has 1 fully saturated rings. The lowest BCUT2D eigenvalue weighted by Gasteiger charge is -2.32. The summed E-state index contributed by atoms with van der Waals surface area (Å²) in [6.07, 6.45) is 0.157. The van der Waals surface area contributed by atoms with Gasteiger partial charge in [0.05, 0.1) is 25.7 Å². The van der Waals surface area contributed by atoms with Gasteiger partial charge in [-0.1, -0.05) is 24.3 Å². The van der Waals surface area contributed by atoms with Crippen molar-refractivity contribution in [2.24, 2.45) is 0 Å². The second kappa shape index (κ2) is 5.80. The van der Waals surface area contributed by atoms with Crippen LogP contribution in [0.4, 0.5) is 0 Å². The van der Waals surface area contributed by atoms with Crippen LogP contribution in [0.1, 0.15) is 5.56 Å². The molecule has 1 aromatic rings. The van der Waals surface area contributed by atoms with E-state index in [0.717, 1.165) is 5.56 Å². The Morgan fingerprint density at radius 2 is 2.29 bits per heavy atom. The molecule has 0 spiro atoms. The van der Waals surface area contributed by atoms with Crippen molar-refractivity contribution >= 4 is 5.91 Å². The monoisotopic (exact) mass is 234 g/mol. The molecule has 4 heteroatoms. The van der Waals surface area contributed by atoms with Crippen molar-refractivity contribution in [3.8, 4) is 0 Å². The first-order chi connectivity index (χ1) is 8.29. The van der Waals surface area contributed by atoms with Gasteiger partial charge >= 0.3 is 0 Å². The van der Waals surface area contributed by atoms with E-state index in [2.05, 4.69) is 6.07 Å². The second-order valence-electron chi connectivity index (χ2n) is 4.10. The number of carbonyl (C=O) groups is 1. The fraction of sp³-hybridized carbons (Fsp3) is 0.462. The van der Waals surface area contributed by atoms with Crippen LogP contribution >= 0.6 is 0 Å². The van der Waals surface area contributed by atoms with Gasteiger partial charge in [0.25, 0.3) is 0 Å². The molecule has 0 bridgehead atoms. The summed E-state index contributed by atoms with van der Waals surface area (Å²) in [5.74, 6) is 0.0814. The van der Waals surface area contributed by atoms with Gasteiger partial charge in [0.15, 0.2) is 0 Å². The minimum absolute atomic E-state index is 0.0376. The Hall–Kier alpha value is -1.39. The van der Waals surface area contributed by atoms with Crippen molar-refractivity contribution in [2.75, 3.05) is 26.3 Å². The molecule has 4 nitrogen and oxygen atoms in total. The SMILES string of the molecule is O=C(Cc1cc[c]cc1)N1CCOC(CO)C1. The van der Waals surface area contributed by atoms with Gasteiger partial charge in [-0.3, -0.25) is 4.79 Å². The van der Waals surface area contributed by atoms with Crippen molar-refractivity contribution < 1.29 is 14.6 Å². The summed E-state index contributed by atoms with van der Waals surface area (Å²) in [5.41, 5.74) is 0.987. The van der Waals surface area contributed by atoms with Crippen molar-refractivity contribution in [1.29, 1.82) is 0 Å². The zero-order chi connectivity index (χ0) is 12.1. The topological polar surface area (TPSA) is 49.8 Å². The Kier molecular flexibility index (Phi) is 4.12. The minimum atomic E-state index is -0.239. The van der Waals surface area contributed by atoms with E-state index in [1.807, 2.05) is 12.1 Å². The molecule has 1 N–H and O–H groups in total. The number of morpholine rings is 1. The zero-order valence-electron chi connectivity index (χ0n) is 9.63. The lowest BCUT2D eigenvalue weighted by atomic mass is 10.1. The third kappa shape index (κ3) is 3.28. The molecule has 1 amide bonds. The van der Waals surface area contributed by atoms with Crippen LogP contribution in [0.5, 0.6) is 0 Å². The summed E-state index contributed by atoms with van der Waals surface area (Å²) >= 11 is 0. The molecule has 0 saturated carbocycles. The maximum Gasteiger partial charge on any atom is 0.227 e. The summed E-state index contributed by atoms with van der Waals surface area (Å²) < 4.78 is 5.31. The number of hydrogen-bond acceptors (Lipinski definition) is 3. The Morgan fingerprint density at radius 1 is 1.53 bits per heavy atom. The van der Waals surface area contributed by atoms with Gasteiger partial charge in [0, 0.05) is 13.1 Å². The van der Waals surface area contributed by atoms with Crippen molar-refractivity contribution in [1.82, 2.24) is 4.90 Å². The minimum Gasteiger partial charge on any atom is -0.394 e. The smallest absolute Gasteiger partial charge is 0.227 e. The molecule has 1 heterocycles. The molecule has 1 aromatic carbocycles. The van der Waals surface area contributed by atoms with Crippen LogP contribution in [0.25, 0.3) is 0 Å². The van der Waals surface area contributed by atoms with Crippen molar-refractivity contribution in [2.45, 2.75) is 12.5 Å². The molecule has 91 valence electrons. The fourth-order valence-corrected chi connectivity index (χ4v) is 1.88. The molecule has 1 saturated heterocycles. The van der Waals surface area contributed by atoms with Gasteiger partial charge in [-0.05, 0) is 11.6 Å². The summed E-state index contributed by atoms with van der Waals surface area (Å²) in [6, 6.07) is 10.3. The number of amides is 1. The molecule has 17 heavy (non-hydrogen) atoms. The highest BCUT2D eigenvalue weighted by Gasteiger charge is 2.23. The van der Waals surface area contributed by atoms with Gasteiger partial charge in [-0.2, -0.15) is 0 Å². The van der Waals surface area contributed by atoms with E-state index in [0.29, 0.717) is 26.1 Å². The largest absolute Gasteiger partial charge is 0.394 e. The summed E-state index contributed by atoms with van der Waals surface area (Å²) in [6.45, 7) is 1.55. The molecule has 0 aliphatic carbocycles. The second-order valence-corrected chi connectivity index (χ2v) is 4.10. The maximum atomic E-state index is 12.0. The van der Waals surface area contributed by atoms with Crippen molar-refractivity contribution in [3.05, 3.63) is 35.9 Å². The van der Waals surface area contributed by atoms with Gasteiger partial charge in [0.1, 0.15) is 0 Å². The molecular formula is C13H16NO3. The molecule has 1 unspecified atom stereocenters. The van der Waals surface area contributed by atoms with Crippen LogP contribution in [-0.2, 0) is 16.0 Å². The molecular weight excluding hydrogens is 218 g/mol. The highest BCUT2D eigenvalue weighted by molar-refractivity contribution is 5.78. The first kappa shape index (κ1) is 12.1. The van der Waals surface area contributed by atoms with Crippen molar-refractivity contribution in [3.63, 3.8) is 0 Å². The Labute approximate surface area is 101 Å². The first-order valence-electron chi connectivity index (χ1n) is 5.75. The van der Waals surface area contributed by atoms with Crippen LogP contribution < -0.4 is 0 Å². The van der Waals surface area contributed by atoms with E-state index >= 15 is 0 Å². The average Bonchev–Trinajstić information content (AvgIpc) is 2.40. The highest BCUT2D eigenvalue weighted by Crippen LogP contribution is 2.08. The van der Waals surface area contributed by atoms with Crippen LogP contribution in [0.3, 0.4) is 0 Å². The van der Waals surface area contributed by atoms with E-state index in [4.69, 9.17) is 9.84 Å². The molecule has 1 radical (unpaired) electrons. The number of aliphatic hydroxyl groups is 1. The van der Waals surface area contributed by atoms with E-state index in [1.54, 1.807) is 17.0 Å². The number of hydrogen-bond donors (Lipinski definition) is 1. The van der Waals surface area contributed by atoms with Gasteiger partial charge in [-0.25, -0.2) is 0 Å². The predicted octanol–water partition coefficient (Wildman–Crippen LogP) is 0.249. The number of carbonyl (C=O) groups excluding carboxylic acids is 1. The molecule has 1 aliphatic rings. The summed E-state index contributed by atoms with van der Waals surface area (Å²) in [4.78, 5) is 13.8. The Balaban J connectivity index is 1.91. The number of benzene rings is 1. The van der Waals surface area contributed by atoms with Crippen LogP contribution in [0.15, 0.2) is 24.3 Å². The molecule has 0 aromatic heterocycles. The van der Waals surface area contributed by atoms with E-state index in [1.165, 1.54) is 0 Å². The van der Waals surface area contributed by atoms with Crippen LogP contribution in [0, 0.1) is 6.07 Å². The lowest BCUT2D eigenvalue weighted by molar-refractivity contribution is -0.139. The van der Waals surface area contributed by atoms with Gasteiger partial charge in [0.2, 0.25) is 5.91 Å². The van der Waals surface area contributed by atoms with Gasteiger partial charge in [-0.15, -0.1) is 0 Å². The Bertz CT molecular complexity index is 366.